The molecule has 0 aliphatic carbocycles. The molecule has 46 valence electrons. The Balaban J connectivity index is 3.15. The lowest BCUT2D eigenvalue weighted by molar-refractivity contribution is 0.198. The third-order valence-electron chi connectivity index (χ3n) is 0.749. The molecule has 0 saturated carbocycles. The molecule has 0 radical (unpaired) electrons. The van der Waals surface area contributed by atoms with Gasteiger partial charge < -0.3 is 5.11 Å². The first kappa shape index (κ1) is 7.44. The van der Waals surface area contributed by atoms with Crippen molar-refractivity contribution in [3.05, 3.63) is 24.8 Å². The molecule has 0 aromatic carbocycles. The van der Waals surface area contributed by atoms with E-state index in [9.17, 15) is 0 Å². The maximum Gasteiger partial charge on any atom is 0.0546 e. The number of hydrogen-bond donors (Lipinski definition) is 1. The van der Waals surface area contributed by atoms with Gasteiger partial charge in [0.25, 0.3) is 0 Å². The molecule has 0 heterocycles. The molecule has 0 rings (SSSR count). The summed E-state index contributed by atoms with van der Waals surface area (Å²) in [6.07, 6.45) is 5.89. The van der Waals surface area contributed by atoms with Crippen LogP contribution in [0.25, 0.3) is 0 Å². The van der Waals surface area contributed by atoms with Crippen molar-refractivity contribution in [2.75, 3.05) is 0 Å². The van der Waals surface area contributed by atoms with E-state index < -0.39 is 0 Å². The Hall–Kier alpha value is -0.560. The zero-order valence-electron chi connectivity index (χ0n) is 5.17. The van der Waals surface area contributed by atoms with Crippen molar-refractivity contribution in [3.63, 3.8) is 0 Å². The molecule has 0 aromatic heterocycles. The van der Waals surface area contributed by atoms with E-state index >= 15 is 0 Å². The number of aliphatic hydroxyl groups excluding tert-OH is 1. The molecule has 1 N–H and O–H groups in total. The predicted octanol–water partition coefficient (Wildman–Crippen LogP) is 1.50. The zero-order valence-corrected chi connectivity index (χ0v) is 5.17. The van der Waals surface area contributed by atoms with E-state index in [2.05, 4.69) is 6.58 Å². The highest BCUT2D eigenvalue weighted by Crippen LogP contribution is 1.89. The molecule has 0 aliphatic heterocycles. The lowest BCUT2D eigenvalue weighted by atomic mass is 10.3. The highest BCUT2D eigenvalue weighted by atomic mass is 16.3. The van der Waals surface area contributed by atoms with Gasteiger partial charge in [0.2, 0.25) is 0 Å². The van der Waals surface area contributed by atoms with Crippen molar-refractivity contribution in [3.8, 4) is 0 Å². The molecule has 0 aromatic rings. The monoisotopic (exact) mass is 112 g/mol. The van der Waals surface area contributed by atoms with Crippen molar-refractivity contribution in [1.82, 2.24) is 0 Å². The molecule has 1 heteroatoms. The molecule has 0 spiro atoms. The SMILES string of the molecule is C=CC=CCC(C)O. The second-order valence-corrected chi connectivity index (χ2v) is 1.75. The molecule has 0 saturated heterocycles. The fourth-order valence-electron chi connectivity index (χ4n) is 0.372. The van der Waals surface area contributed by atoms with Crippen LogP contribution >= 0.6 is 0 Å². The van der Waals surface area contributed by atoms with Gasteiger partial charge in [-0.15, -0.1) is 0 Å². The van der Waals surface area contributed by atoms with Crippen molar-refractivity contribution in [2.45, 2.75) is 19.4 Å². The van der Waals surface area contributed by atoms with Gasteiger partial charge in [0.15, 0.2) is 0 Å². The fraction of sp³-hybridized carbons (Fsp3) is 0.429. The standard InChI is InChI=1S/C7H12O/c1-3-4-5-6-7(2)8/h3-5,7-8H,1,6H2,2H3. The third-order valence-corrected chi connectivity index (χ3v) is 0.749. The maximum absolute atomic E-state index is 8.69. The Bertz CT molecular complexity index is 82.4. The quantitative estimate of drug-likeness (QED) is 0.548. The summed E-state index contributed by atoms with van der Waals surface area (Å²) in [5.41, 5.74) is 0. The van der Waals surface area contributed by atoms with Crippen molar-refractivity contribution in [2.24, 2.45) is 0 Å². The van der Waals surface area contributed by atoms with Crippen LogP contribution in [0.1, 0.15) is 13.3 Å². The second-order valence-electron chi connectivity index (χ2n) is 1.75. The van der Waals surface area contributed by atoms with Gasteiger partial charge in [-0.2, -0.15) is 0 Å². The van der Waals surface area contributed by atoms with E-state index in [4.69, 9.17) is 5.11 Å². The molecular formula is C7H12O. The summed E-state index contributed by atoms with van der Waals surface area (Å²) < 4.78 is 0. The summed E-state index contributed by atoms with van der Waals surface area (Å²) in [6.45, 7) is 5.25. The normalized spacial score (nSPS) is 14.2. The van der Waals surface area contributed by atoms with E-state index in [0.717, 1.165) is 0 Å². The molecule has 1 unspecified atom stereocenters. The van der Waals surface area contributed by atoms with Crippen LogP contribution in [0.2, 0.25) is 0 Å². The van der Waals surface area contributed by atoms with Gasteiger partial charge in [0, 0.05) is 0 Å². The van der Waals surface area contributed by atoms with Gasteiger partial charge in [-0.3, -0.25) is 0 Å². The zero-order chi connectivity index (χ0) is 6.41. The van der Waals surface area contributed by atoms with Gasteiger partial charge in [-0.05, 0) is 13.3 Å². The van der Waals surface area contributed by atoms with E-state index in [1.54, 1.807) is 13.0 Å². The molecule has 1 nitrogen and oxygen atoms in total. The van der Waals surface area contributed by atoms with E-state index in [1.807, 2.05) is 12.2 Å². The average molecular weight is 112 g/mol. The first-order valence-corrected chi connectivity index (χ1v) is 2.73. The largest absolute Gasteiger partial charge is 0.393 e. The van der Waals surface area contributed by atoms with Gasteiger partial charge >= 0.3 is 0 Å². The van der Waals surface area contributed by atoms with E-state index in [-0.39, 0.29) is 6.10 Å². The topological polar surface area (TPSA) is 20.2 Å². The number of hydrogen-bond acceptors (Lipinski definition) is 1. The molecule has 1 atom stereocenters. The summed E-state index contributed by atoms with van der Waals surface area (Å²) in [6, 6.07) is 0. The Morgan fingerprint density at radius 3 is 2.75 bits per heavy atom. The van der Waals surface area contributed by atoms with Crippen LogP contribution in [0.3, 0.4) is 0 Å². The van der Waals surface area contributed by atoms with Gasteiger partial charge in [-0.1, -0.05) is 24.8 Å². The van der Waals surface area contributed by atoms with Gasteiger partial charge in [0.1, 0.15) is 0 Å². The molecule has 0 fully saturated rings. The minimum atomic E-state index is -0.230. The van der Waals surface area contributed by atoms with E-state index in [1.165, 1.54) is 0 Å². The summed E-state index contributed by atoms with van der Waals surface area (Å²) in [7, 11) is 0. The molecule has 0 aliphatic rings. The van der Waals surface area contributed by atoms with Crippen LogP contribution in [0.5, 0.6) is 0 Å². The summed E-state index contributed by atoms with van der Waals surface area (Å²) in [4.78, 5) is 0. The lowest BCUT2D eigenvalue weighted by Crippen LogP contribution is -1.94. The van der Waals surface area contributed by atoms with Crippen LogP contribution < -0.4 is 0 Å². The number of aliphatic hydroxyl groups is 1. The van der Waals surface area contributed by atoms with Crippen LogP contribution in [-0.4, -0.2) is 11.2 Å². The minimum absolute atomic E-state index is 0.230. The second kappa shape index (κ2) is 4.60. The van der Waals surface area contributed by atoms with Crippen LogP contribution in [0.15, 0.2) is 24.8 Å². The third kappa shape index (κ3) is 5.44. The van der Waals surface area contributed by atoms with Crippen molar-refractivity contribution < 1.29 is 5.11 Å². The Morgan fingerprint density at radius 2 is 2.38 bits per heavy atom. The minimum Gasteiger partial charge on any atom is -0.393 e. The Labute approximate surface area is 50.3 Å². The van der Waals surface area contributed by atoms with E-state index in [0.29, 0.717) is 6.42 Å². The van der Waals surface area contributed by atoms with Gasteiger partial charge in [0.05, 0.1) is 6.10 Å². The Morgan fingerprint density at radius 1 is 1.75 bits per heavy atom. The predicted molar refractivity (Wildman–Crippen MR) is 35.6 cm³/mol. The first-order valence-electron chi connectivity index (χ1n) is 2.73. The Kier molecular flexibility index (Phi) is 4.27. The molecule has 0 bridgehead atoms. The number of rotatable bonds is 3. The molecule has 8 heavy (non-hydrogen) atoms. The molecule has 0 amide bonds. The molecular weight excluding hydrogens is 100 g/mol. The highest BCUT2D eigenvalue weighted by Gasteiger charge is 1.85. The van der Waals surface area contributed by atoms with Crippen LogP contribution in [-0.2, 0) is 0 Å². The van der Waals surface area contributed by atoms with Crippen LogP contribution in [0, 0.1) is 0 Å². The van der Waals surface area contributed by atoms with Crippen molar-refractivity contribution >= 4 is 0 Å². The first-order chi connectivity index (χ1) is 3.77. The maximum atomic E-state index is 8.69. The van der Waals surface area contributed by atoms with Crippen LogP contribution in [0.4, 0.5) is 0 Å². The highest BCUT2D eigenvalue weighted by molar-refractivity contribution is 4.97. The fourth-order valence-corrected chi connectivity index (χ4v) is 0.372. The van der Waals surface area contributed by atoms with Crippen molar-refractivity contribution in [1.29, 1.82) is 0 Å². The lowest BCUT2D eigenvalue weighted by Gasteiger charge is -1.93. The van der Waals surface area contributed by atoms with Gasteiger partial charge in [-0.25, -0.2) is 0 Å². The smallest absolute Gasteiger partial charge is 0.0546 e. The number of allylic oxidation sites excluding steroid dienone is 2. The summed E-state index contributed by atoms with van der Waals surface area (Å²) >= 11 is 0. The summed E-state index contributed by atoms with van der Waals surface area (Å²) in [5, 5.41) is 8.69. The summed E-state index contributed by atoms with van der Waals surface area (Å²) in [5.74, 6) is 0. The average Bonchev–Trinajstić information content (AvgIpc) is 1.66.